The van der Waals surface area contributed by atoms with Crippen molar-refractivity contribution in [2.24, 2.45) is 11.8 Å². The lowest BCUT2D eigenvalue weighted by Gasteiger charge is -2.34. The van der Waals surface area contributed by atoms with Gasteiger partial charge in [-0.15, -0.1) is 0 Å². The van der Waals surface area contributed by atoms with Gasteiger partial charge in [0.05, 0.1) is 10.5 Å². The maximum Gasteiger partial charge on any atom is 0.258 e. The number of carbonyl (C=O) groups excluding carboxylic acids is 1. The average Bonchev–Trinajstić information content (AvgIpc) is 2.79. The van der Waals surface area contributed by atoms with Crippen LogP contribution in [0.5, 0.6) is 0 Å². The maximum absolute atomic E-state index is 13.0. The molecule has 1 N–H and O–H groups in total. The van der Waals surface area contributed by atoms with Crippen LogP contribution in [0.4, 0.5) is 5.69 Å². The molecule has 1 saturated heterocycles. The van der Waals surface area contributed by atoms with Crippen molar-refractivity contribution >= 4 is 21.6 Å². The van der Waals surface area contributed by atoms with Crippen LogP contribution in [-0.4, -0.2) is 41.7 Å². The van der Waals surface area contributed by atoms with Crippen molar-refractivity contribution in [3.05, 3.63) is 72.6 Å². The Balaban J connectivity index is 1.44. The van der Waals surface area contributed by atoms with E-state index in [0.29, 0.717) is 42.0 Å². The minimum atomic E-state index is -3.56. The minimum absolute atomic E-state index is 0.229. The van der Waals surface area contributed by atoms with Crippen molar-refractivity contribution in [3.8, 4) is 11.4 Å². The smallest absolute Gasteiger partial charge is 0.258 e. The number of hydrogen-bond donors (Lipinski definition) is 1. The SMILES string of the molecule is CC1CC(C)CN(S(=O)(=O)c2ccc(NC(=O)c3cnc(-c4ccccc4)nc3)cc2)C1. The van der Waals surface area contributed by atoms with E-state index in [1.54, 1.807) is 16.4 Å². The Bertz CT molecular complexity index is 1170. The van der Waals surface area contributed by atoms with Crippen molar-refractivity contribution in [2.45, 2.75) is 25.2 Å². The topological polar surface area (TPSA) is 92.3 Å². The van der Waals surface area contributed by atoms with Crippen LogP contribution < -0.4 is 5.32 Å². The highest BCUT2D eigenvalue weighted by molar-refractivity contribution is 7.89. The summed E-state index contributed by atoms with van der Waals surface area (Å²) in [5, 5.41) is 2.76. The summed E-state index contributed by atoms with van der Waals surface area (Å²) in [5.41, 5.74) is 1.69. The Morgan fingerprint density at radius 1 is 0.938 bits per heavy atom. The van der Waals surface area contributed by atoms with Crippen LogP contribution in [0.25, 0.3) is 11.4 Å². The molecule has 0 bridgehead atoms. The molecule has 166 valence electrons. The summed E-state index contributed by atoms with van der Waals surface area (Å²) in [6, 6.07) is 15.8. The second kappa shape index (κ2) is 9.18. The lowest BCUT2D eigenvalue weighted by Crippen LogP contribution is -2.42. The highest BCUT2D eigenvalue weighted by Crippen LogP contribution is 2.27. The average molecular weight is 451 g/mol. The van der Waals surface area contributed by atoms with E-state index in [4.69, 9.17) is 0 Å². The number of anilines is 1. The Morgan fingerprint density at radius 3 is 2.12 bits per heavy atom. The number of amides is 1. The Hall–Kier alpha value is -3.10. The van der Waals surface area contributed by atoms with Gasteiger partial charge in [-0.1, -0.05) is 44.2 Å². The highest BCUT2D eigenvalue weighted by atomic mass is 32.2. The minimum Gasteiger partial charge on any atom is -0.322 e. The fourth-order valence-electron chi connectivity index (χ4n) is 4.05. The number of benzene rings is 2. The molecule has 7 nitrogen and oxygen atoms in total. The van der Waals surface area contributed by atoms with Crippen LogP contribution >= 0.6 is 0 Å². The molecule has 0 radical (unpaired) electrons. The van der Waals surface area contributed by atoms with Gasteiger partial charge in [-0.3, -0.25) is 4.79 Å². The first-order chi connectivity index (χ1) is 15.3. The third-order valence-corrected chi connectivity index (χ3v) is 7.38. The predicted molar refractivity (Wildman–Crippen MR) is 124 cm³/mol. The molecule has 8 heteroatoms. The summed E-state index contributed by atoms with van der Waals surface area (Å²) < 4.78 is 27.6. The quantitative estimate of drug-likeness (QED) is 0.633. The monoisotopic (exact) mass is 450 g/mol. The number of hydrogen-bond acceptors (Lipinski definition) is 5. The van der Waals surface area contributed by atoms with Crippen molar-refractivity contribution in [3.63, 3.8) is 0 Å². The van der Waals surface area contributed by atoms with Crippen molar-refractivity contribution in [1.82, 2.24) is 14.3 Å². The summed E-state index contributed by atoms with van der Waals surface area (Å²) in [7, 11) is -3.56. The first-order valence-electron chi connectivity index (χ1n) is 10.6. The van der Waals surface area contributed by atoms with Crippen LogP contribution in [0.1, 0.15) is 30.6 Å². The molecule has 2 aromatic carbocycles. The normalized spacial score (nSPS) is 19.4. The van der Waals surface area contributed by atoms with E-state index in [9.17, 15) is 13.2 Å². The van der Waals surface area contributed by atoms with Gasteiger partial charge in [0.1, 0.15) is 0 Å². The summed E-state index contributed by atoms with van der Waals surface area (Å²) >= 11 is 0. The highest BCUT2D eigenvalue weighted by Gasteiger charge is 2.31. The number of nitrogens with zero attached hydrogens (tertiary/aromatic N) is 3. The first-order valence-corrected chi connectivity index (χ1v) is 12.1. The number of aromatic nitrogens is 2. The summed E-state index contributed by atoms with van der Waals surface area (Å²) in [6.45, 7) is 5.22. The van der Waals surface area contributed by atoms with Crippen LogP contribution in [-0.2, 0) is 10.0 Å². The van der Waals surface area contributed by atoms with Crippen molar-refractivity contribution in [2.75, 3.05) is 18.4 Å². The summed E-state index contributed by atoms with van der Waals surface area (Å²) in [5.74, 6) is 0.849. The molecule has 1 aliphatic heterocycles. The number of sulfonamides is 1. The predicted octanol–water partition coefficient (Wildman–Crippen LogP) is 4.06. The molecule has 1 amide bonds. The molecule has 2 unspecified atom stereocenters. The molecule has 1 aliphatic rings. The van der Waals surface area contributed by atoms with Gasteiger partial charge < -0.3 is 5.32 Å². The van der Waals surface area contributed by atoms with E-state index in [1.165, 1.54) is 24.5 Å². The fourth-order valence-corrected chi connectivity index (χ4v) is 5.73. The van der Waals surface area contributed by atoms with Gasteiger partial charge in [0.25, 0.3) is 5.91 Å². The Kier molecular flexibility index (Phi) is 6.34. The molecule has 3 aromatic rings. The zero-order valence-electron chi connectivity index (χ0n) is 18.1. The third-order valence-electron chi connectivity index (χ3n) is 5.53. The van der Waals surface area contributed by atoms with E-state index >= 15 is 0 Å². The molecule has 0 spiro atoms. The third kappa shape index (κ3) is 4.87. The lowest BCUT2D eigenvalue weighted by atomic mass is 9.94. The van der Waals surface area contributed by atoms with Crippen LogP contribution in [0, 0.1) is 11.8 Å². The molecular formula is C24H26N4O3S. The van der Waals surface area contributed by atoms with Crippen LogP contribution in [0.15, 0.2) is 71.9 Å². The zero-order valence-corrected chi connectivity index (χ0v) is 18.9. The number of nitrogens with one attached hydrogen (secondary N) is 1. The van der Waals surface area contributed by atoms with Crippen LogP contribution in [0.2, 0.25) is 0 Å². The second-order valence-corrected chi connectivity index (χ2v) is 10.3. The largest absolute Gasteiger partial charge is 0.322 e. The van der Waals surface area contributed by atoms with Crippen LogP contribution in [0.3, 0.4) is 0 Å². The molecule has 4 rings (SSSR count). The molecule has 1 aromatic heterocycles. The molecule has 1 fully saturated rings. The van der Waals surface area contributed by atoms with E-state index in [-0.39, 0.29) is 10.8 Å². The fraction of sp³-hybridized carbons (Fsp3) is 0.292. The van der Waals surface area contributed by atoms with E-state index < -0.39 is 10.0 Å². The van der Waals surface area contributed by atoms with Gasteiger partial charge in [-0.25, -0.2) is 18.4 Å². The molecule has 2 atom stereocenters. The van der Waals surface area contributed by atoms with Crippen molar-refractivity contribution in [1.29, 1.82) is 0 Å². The van der Waals surface area contributed by atoms with Gasteiger partial charge in [-0.2, -0.15) is 4.31 Å². The standard InChI is InChI=1S/C24H26N4O3S/c1-17-12-18(2)16-28(15-17)32(30,31)22-10-8-21(9-11-22)27-24(29)20-13-25-23(26-14-20)19-6-4-3-5-7-19/h3-11,13-14,17-18H,12,15-16H2,1-2H3,(H,27,29). The van der Waals surface area contributed by atoms with E-state index in [1.807, 2.05) is 30.3 Å². The zero-order chi connectivity index (χ0) is 22.7. The number of piperidine rings is 1. The second-order valence-electron chi connectivity index (χ2n) is 8.41. The van der Waals surface area contributed by atoms with Crippen molar-refractivity contribution < 1.29 is 13.2 Å². The lowest BCUT2D eigenvalue weighted by molar-refractivity contribution is 0.102. The molecule has 32 heavy (non-hydrogen) atoms. The maximum atomic E-state index is 13.0. The number of carbonyl (C=O) groups is 1. The van der Waals surface area contributed by atoms with E-state index in [0.717, 1.165) is 12.0 Å². The van der Waals surface area contributed by atoms with Gasteiger partial charge >= 0.3 is 0 Å². The Morgan fingerprint density at radius 2 is 1.53 bits per heavy atom. The Labute approximate surface area is 188 Å². The summed E-state index contributed by atoms with van der Waals surface area (Å²) in [4.78, 5) is 21.3. The van der Waals surface area contributed by atoms with E-state index in [2.05, 4.69) is 29.1 Å². The van der Waals surface area contributed by atoms with Gasteiger partial charge in [0, 0.05) is 36.7 Å². The molecule has 0 aliphatic carbocycles. The van der Waals surface area contributed by atoms with Gasteiger partial charge in [0.2, 0.25) is 10.0 Å². The van der Waals surface area contributed by atoms with Gasteiger partial charge in [0.15, 0.2) is 5.82 Å². The molecule has 2 heterocycles. The summed E-state index contributed by atoms with van der Waals surface area (Å²) in [6.07, 6.45) is 3.98. The first kappa shape index (κ1) is 22.1. The number of rotatable bonds is 5. The molecule has 0 saturated carbocycles. The van der Waals surface area contributed by atoms with Gasteiger partial charge in [-0.05, 0) is 42.5 Å². The molecular weight excluding hydrogens is 424 g/mol.